The number of thiazole rings is 1. The summed E-state index contributed by atoms with van der Waals surface area (Å²) in [5.74, 6) is -0.698. The highest BCUT2D eigenvalue weighted by molar-refractivity contribution is 7.16. The summed E-state index contributed by atoms with van der Waals surface area (Å²) in [6.45, 7) is 5.19. The van der Waals surface area contributed by atoms with Gasteiger partial charge in [-0.1, -0.05) is 0 Å². The molecule has 3 aromatic rings. The lowest BCUT2D eigenvalue weighted by molar-refractivity contribution is 0.0474. The van der Waals surface area contributed by atoms with Gasteiger partial charge in [-0.2, -0.15) is 0 Å². The highest BCUT2D eigenvalue weighted by atomic mass is 32.1. The highest BCUT2D eigenvalue weighted by Crippen LogP contribution is 2.22. The summed E-state index contributed by atoms with van der Waals surface area (Å²) >= 11 is 1.46. The van der Waals surface area contributed by atoms with Crippen molar-refractivity contribution in [2.75, 3.05) is 13.2 Å². The highest BCUT2D eigenvalue weighted by Gasteiger charge is 2.22. The fourth-order valence-corrected chi connectivity index (χ4v) is 4.35. The van der Waals surface area contributed by atoms with E-state index in [0.29, 0.717) is 11.1 Å². The van der Waals surface area contributed by atoms with Crippen LogP contribution in [-0.4, -0.2) is 40.6 Å². The second kappa shape index (κ2) is 7.85. The molecule has 0 unspecified atom stereocenters. The lowest BCUT2D eigenvalue weighted by Gasteiger charge is -2.14. The van der Waals surface area contributed by atoms with Gasteiger partial charge in [-0.3, -0.25) is 4.79 Å². The number of ketones is 1. The SMILES string of the molecule is Cc1cc(C(=O)COC(=O)c2ccc3ncsc3c2)c(C)n1C[C@@H]1CCCO1. The molecular formula is C21H22N2O4S. The molecule has 2 aromatic heterocycles. The summed E-state index contributed by atoms with van der Waals surface area (Å²) in [5.41, 5.74) is 5.50. The largest absolute Gasteiger partial charge is 0.454 e. The number of hydrogen-bond donors (Lipinski definition) is 0. The van der Waals surface area contributed by atoms with Crippen molar-refractivity contribution in [2.45, 2.75) is 39.3 Å². The Morgan fingerprint density at radius 2 is 2.18 bits per heavy atom. The Morgan fingerprint density at radius 3 is 2.96 bits per heavy atom. The van der Waals surface area contributed by atoms with Gasteiger partial charge in [0.15, 0.2) is 6.61 Å². The summed E-state index contributed by atoms with van der Waals surface area (Å²) in [4.78, 5) is 29.2. The van der Waals surface area contributed by atoms with Crippen LogP contribution in [0.15, 0.2) is 29.8 Å². The number of benzene rings is 1. The Hall–Kier alpha value is -2.51. The van der Waals surface area contributed by atoms with Crippen molar-refractivity contribution in [2.24, 2.45) is 0 Å². The fraction of sp³-hybridized carbons (Fsp3) is 0.381. The Balaban J connectivity index is 1.42. The monoisotopic (exact) mass is 398 g/mol. The normalized spacial score (nSPS) is 16.6. The van der Waals surface area contributed by atoms with Gasteiger partial charge >= 0.3 is 5.97 Å². The molecule has 1 atom stereocenters. The Morgan fingerprint density at radius 1 is 1.32 bits per heavy atom. The number of hydrogen-bond acceptors (Lipinski definition) is 6. The third-order valence-corrected chi connectivity index (χ3v) is 5.98. The molecule has 7 heteroatoms. The van der Waals surface area contributed by atoms with Crippen molar-refractivity contribution in [3.05, 3.63) is 52.3 Å². The van der Waals surface area contributed by atoms with Gasteiger partial charge in [-0.15, -0.1) is 11.3 Å². The molecule has 28 heavy (non-hydrogen) atoms. The van der Waals surface area contributed by atoms with E-state index in [0.717, 1.165) is 47.6 Å². The van der Waals surface area contributed by atoms with Crippen LogP contribution in [0.2, 0.25) is 0 Å². The summed E-state index contributed by atoms with van der Waals surface area (Å²) in [7, 11) is 0. The number of aromatic nitrogens is 2. The quantitative estimate of drug-likeness (QED) is 0.465. The van der Waals surface area contributed by atoms with Gasteiger partial charge in [-0.25, -0.2) is 9.78 Å². The first kappa shape index (κ1) is 18.8. The minimum Gasteiger partial charge on any atom is -0.454 e. The van der Waals surface area contributed by atoms with E-state index in [1.807, 2.05) is 19.9 Å². The predicted molar refractivity (Wildman–Crippen MR) is 107 cm³/mol. The fourth-order valence-electron chi connectivity index (χ4n) is 3.63. The molecule has 0 bridgehead atoms. The molecule has 146 valence electrons. The maximum atomic E-state index is 12.6. The van der Waals surface area contributed by atoms with Crippen molar-refractivity contribution in [3.8, 4) is 0 Å². The zero-order valence-corrected chi connectivity index (χ0v) is 16.8. The molecule has 1 aromatic carbocycles. The number of aryl methyl sites for hydroxylation is 1. The van der Waals surface area contributed by atoms with Crippen molar-refractivity contribution < 1.29 is 19.1 Å². The van der Waals surface area contributed by atoms with Crippen LogP contribution in [0.5, 0.6) is 0 Å². The number of Topliss-reactive ketones (excluding diaryl/α,β-unsaturated/α-hetero) is 1. The first-order chi connectivity index (χ1) is 13.5. The zero-order chi connectivity index (χ0) is 19.7. The van der Waals surface area contributed by atoms with Crippen LogP contribution in [0.1, 0.15) is 44.9 Å². The van der Waals surface area contributed by atoms with Gasteiger partial charge in [0.2, 0.25) is 5.78 Å². The zero-order valence-electron chi connectivity index (χ0n) is 15.9. The molecule has 1 saturated heterocycles. The topological polar surface area (TPSA) is 70.4 Å². The van der Waals surface area contributed by atoms with Crippen molar-refractivity contribution in [3.63, 3.8) is 0 Å². The van der Waals surface area contributed by atoms with E-state index in [9.17, 15) is 9.59 Å². The molecule has 0 amide bonds. The van der Waals surface area contributed by atoms with Gasteiger partial charge in [-0.05, 0) is 51.0 Å². The predicted octanol–water partition coefficient (Wildman–Crippen LogP) is 3.93. The number of fused-ring (bicyclic) bond motifs is 1. The van der Waals surface area contributed by atoms with E-state index in [1.54, 1.807) is 23.7 Å². The molecule has 0 saturated carbocycles. The molecule has 1 fully saturated rings. The maximum absolute atomic E-state index is 12.6. The molecule has 0 radical (unpaired) electrons. The summed E-state index contributed by atoms with van der Waals surface area (Å²) in [6.07, 6.45) is 2.33. The number of carbonyl (C=O) groups excluding carboxylic acids is 2. The molecule has 4 rings (SSSR count). The number of ether oxygens (including phenoxy) is 2. The van der Waals surface area contributed by atoms with E-state index in [-0.39, 0.29) is 18.5 Å². The van der Waals surface area contributed by atoms with Crippen LogP contribution in [0.25, 0.3) is 10.2 Å². The summed E-state index contributed by atoms with van der Waals surface area (Å²) < 4.78 is 14.0. The minimum atomic E-state index is -0.503. The average Bonchev–Trinajstić information content (AvgIpc) is 3.42. The van der Waals surface area contributed by atoms with Crippen LogP contribution in [0, 0.1) is 13.8 Å². The maximum Gasteiger partial charge on any atom is 0.338 e. The second-order valence-corrected chi connectivity index (χ2v) is 7.95. The summed E-state index contributed by atoms with van der Waals surface area (Å²) in [5, 5.41) is 0. The molecule has 6 nitrogen and oxygen atoms in total. The number of esters is 1. The third kappa shape index (κ3) is 3.72. The van der Waals surface area contributed by atoms with Gasteiger partial charge in [0.1, 0.15) is 0 Å². The smallest absolute Gasteiger partial charge is 0.338 e. The minimum absolute atomic E-state index is 0.195. The van der Waals surface area contributed by atoms with E-state index in [1.165, 1.54) is 11.3 Å². The number of carbonyl (C=O) groups is 2. The number of nitrogens with zero attached hydrogens (tertiary/aromatic N) is 2. The lowest BCUT2D eigenvalue weighted by atomic mass is 10.1. The number of rotatable bonds is 6. The van der Waals surface area contributed by atoms with Gasteiger partial charge in [0.25, 0.3) is 0 Å². The van der Waals surface area contributed by atoms with Gasteiger partial charge in [0.05, 0.1) is 27.4 Å². The Bertz CT molecular complexity index is 1030. The van der Waals surface area contributed by atoms with Crippen LogP contribution in [0.4, 0.5) is 0 Å². The summed E-state index contributed by atoms with van der Waals surface area (Å²) in [6, 6.07) is 7.06. The Kier molecular flexibility index (Phi) is 5.28. The first-order valence-corrected chi connectivity index (χ1v) is 10.2. The molecule has 1 aliphatic rings. The van der Waals surface area contributed by atoms with Gasteiger partial charge in [0, 0.05) is 30.1 Å². The van der Waals surface area contributed by atoms with E-state index >= 15 is 0 Å². The van der Waals surface area contributed by atoms with Gasteiger partial charge < -0.3 is 14.0 Å². The van der Waals surface area contributed by atoms with Crippen LogP contribution >= 0.6 is 11.3 Å². The standard InChI is InChI=1S/C21H22N2O4S/c1-13-8-17(14(2)23(13)10-16-4-3-7-26-16)19(24)11-27-21(25)15-5-6-18-20(9-15)28-12-22-18/h5-6,8-9,12,16H,3-4,7,10-11H2,1-2H3/t16-/m0/s1. The van der Waals surface area contributed by atoms with Crippen molar-refractivity contribution in [1.29, 1.82) is 0 Å². The molecule has 1 aliphatic heterocycles. The molecular weight excluding hydrogens is 376 g/mol. The van der Waals surface area contributed by atoms with Crippen molar-refractivity contribution >= 4 is 33.3 Å². The third-order valence-electron chi connectivity index (χ3n) is 5.19. The first-order valence-electron chi connectivity index (χ1n) is 9.35. The second-order valence-electron chi connectivity index (χ2n) is 7.06. The van der Waals surface area contributed by atoms with E-state index in [2.05, 4.69) is 9.55 Å². The van der Waals surface area contributed by atoms with Crippen LogP contribution in [0.3, 0.4) is 0 Å². The Labute approximate surface area is 167 Å². The molecule has 0 N–H and O–H groups in total. The lowest BCUT2D eigenvalue weighted by Crippen LogP contribution is -2.18. The van der Waals surface area contributed by atoms with Crippen LogP contribution in [-0.2, 0) is 16.0 Å². The molecule has 3 heterocycles. The average molecular weight is 398 g/mol. The molecule has 0 spiro atoms. The van der Waals surface area contributed by atoms with Crippen LogP contribution < -0.4 is 0 Å². The van der Waals surface area contributed by atoms with E-state index in [4.69, 9.17) is 9.47 Å². The molecule has 0 aliphatic carbocycles. The van der Waals surface area contributed by atoms with Crippen molar-refractivity contribution in [1.82, 2.24) is 9.55 Å². The van der Waals surface area contributed by atoms with E-state index < -0.39 is 5.97 Å².